The van der Waals surface area contributed by atoms with Crippen molar-refractivity contribution in [3.8, 4) is 0 Å². The van der Waals surface area contributed by atoms with Crippen molar-refractivity contribution in [2.45, 2.75) is 24.9 Å². The number of carbonyl (C=O) groups is 1. The molecular weight excluding hydrogens is 244 g/mol. The Kier molecular flexibility index (Phi) is 5.78. The first-order valence-corrected chi connectivity index (χ1v) is 6.25. The first kappa shape index (κ1) is 13.8. The molecule has 8 heteroatoms. The van der Waals surface area contributed by atoms with Crippen LogP contribution < -0.4 is 5.84 Å². The molecule has 1 aromatic rings. The van der Waals surface area contributed by atoms with E-state index in [1.807, 2.05) is 6.92 Å². The van der Waals surface area contributed by atoms with E-state index < -0.39 is 5.97 Å². The molecule has 96 valence electrons. The molecular formula is C9H16N4O3S. The largest absolute Gasteiger partial charge is 0.481 e. The van der Waals surface area contributed by atoms with E-state index in [9.17, 15) is 4.79 Å². The summed E-state index contributed by atoms with van der Waals surface area (Å²) in [6.07, 6.45) is 1.48. The number of nitrogens with two attached hydrogens (primary N) is 1. The number of carboxylic acid groups (broad SMARTS) is 1. The molecule has 0 aliphatic rings. The minimum Gasteiger partial charge on any atom is -0.481 e. The predicted molar refractivity (Wildman–Crippen MR) is 63.3 cm³/mol. The number of thioether (sulfide) groups is 1. The molecule has 0 fully saturated rings. The number of aromatic nitrogens is 3. The highest BCUT2D eigenvalue weighted by Crippen LogP contribution is 2.14. The summed E-state index contributed by atoms with van der Waals surface area (Å²) in [4.78, 5) is 10.4. The molecule has 0 saturated carbocycles. The van der Waals surface area contributed by atoms with Crippen LogP contribution in [0.4, 0.5) is 0 Å². The molecule has 0 bridgehead atoms. The van der Waals surface area contributed by atoms with E-state index in [1.165, 1.54) is 4.68 Å². The fourth-order valence-corrected chi connectivity index (χ4v) is 1.77. The van der Waals surface area contributed by atoms with Gasteiger partial charge >= 0.3 is 5.97 Å². The van der Waals surface area contributed by atoms with Crippen LogP contribution in [0.15, 0.2) is 5.16 Å². The third-order valence-corrected chi connectivity index (χ3v) is 2.88. The number of rotatable bonds is 8. The average Bonchev–Trinajstić information content (AvgIpc) is 2.63. The average molecular weight is 260 g/mol. The summed E-state index contributed by atoms with van der Waals surface area (Å²) in [6.45, 7) is 3.28. The predicted octanol–water partition coefficient (Wildman–Crippen LogP) is 0.138. The molecule has 7 nitrogen and oxygen atoms in total. The Labute approximate surface area is 103 Å². The number of carboxylic acids is 1. The van der Waals surface area contributed by atoms with Gasteiger partial charge in [-0.2, -0.15) is 0 Å². The Bertz CT molecular complexity index is 369. The molecule has 0 spiro atoms. The van der Waals surface area contributed by atoms with Gasteiger partial charge in [0.2, 0.25) is 5.16 Å². The van der Waals surface area contributed by atoms with E-state index >= 15 is 0 Å². The standard InChI is InChI=1S/C9H16N4O3S/c1-2-16-5-3-4-7-11-12-9(13(7)10)17-6-8(14)15/h2-6,10H2,1H3,(H,14,15). The van der Waals surface area contributed by atoms with Crippen molar-refractivity contribution in [2.24, 2.45) is 0 Å². The molecule has 0 aliphatic carbocycles. The van der Waals surface area contributed by atoms with Crippen LogP contribution in [0, 0.1) is 0 Å². The van der Waals surface area contributed by atoms with Crippen LogP contribution in [0.1, 0.15) is 19.2 Å². The van der Waals surface area contributed by atoms with E-state index in [0.717, 1.165) is 18.2 Å². The smallest absolute Gasteiger partial charge is 0.313 e. The maximum atomic E-state index is 10.4. The first-order chi connectivity index (χ1) is 8.15. The van der Waals surface area contributed by atoms with Crippen molar-refractivity contribution in [1.29, 1.82) is 0 Å². The molecule has 0 atom stereocenters. The van der Waals surface area contributed by atoms with E-state index in [-0.39, 0.29) is 5.75 Å². The molecule has 17 heavy (non-hydrogen) atoms. The fourth-order valence-electron chi connectivity index (χ4n) is 1.18. The molecule has 1 rings (SSSR count). The third kappa shape index (κ3) is 4.61. The second-order valence-electron chi connectivity index (χ2n) is 3.25. The Morgan fingerprint density at radius 3 is 3.00 bits per heavy atom. The van der Waals surface area contributed by atoms with E-state index in [2.05, 4.69) is 10.2 Å². The van der Waals surface area contributed by atoms with Gasteiger partial charge < -0.3 is 15.7 Å². The van der Waals surface area contributed by atoms with Crippen LogP contribution in [0.5, 0.6) is 0 Å². The highest BCUT2D eigenvalue weighted by molar-refractivity contribution is 7.99. The van der Waals surface area contributed by atoms with Gasteiger partial charge in [0.25, 0.3) is 0 Å². The maximum Gasteiger partial charge on any atom is 0.313 e. The zero-order valence-corrected chi connectivity index (χ0v) is 10.4. The summed E-state index contributed by atoms with van der Waals surface area (Å²) < 4.78 is 6.53. The molecule has 0 aliphatic heterocycles. The third-order valence-electron chi connectivity index (χ3n) is 1.95. The van der Waals surface area contributed by atoms with E-state index in [4.69, 9.17) is 15.7 Å². The van der Waals surface area contributed by atoms with Crippen LogP contribution in [-0.2, 0) is 16.0 Å². The summed E-state index contributed by atoms with van der Waals surface area (Å²) in [6, 6.07) is 0. The van der Waals surface area contributed by atoms with Crippen molar-refractivity contribution in [3.63, 3.8) is 0 Å². The summed E-state index contributed by atoms with van der Waals surface area (Å²) in [7, 11) is 0. The zero-order valence-electron chi connectivity index (χ0n) is 9.63. The van der Waals surface area contributed by atoms with Gasteiger partial charge in [-0.25, -0.2) is 4.68 Å². The first-order valence-electron chi connectivity index (χ1n) is 5.26. The van der Waals surface area contributed by atoms with E-state index in [1.54, 1.807) is 0 Å². The fraction of sp³-hybridized carbons (Fsp3) is 0.667. The quantitative estimate of drug-likeness (QED) is 0.389. The monoisotopic (exact) mass is 260 g/mol. The Balaban J connectivity index is 2.43. The van der Waals surface area contributed by atoms with Gasteiger partial charge in [0.05, 0.1) is 5.75 Å². The van der Waals surface area contributed by atoms with Crippen molar-refractivity contribution in [3.05, 3.63) is 5.82 Å². The van der Waals surface area contributed by atoms with E-state index in [0.29, 0.717) is 30.6 Å². The number of aryl methyl sites for hydroxylation is 1. The second-order valence-corrected chi connectivity index (χ2v) is 4.19. The Morgan fingerprint density at radius 1 is 1.59 bits per heavy atom. The number of hydrogen-bond donors (Lipinski definition) is 2. The summed E-state index contributed by atoms with van der Waals surface area (Å²) in [5.41, 5.74) is 0. The lowest BCUT2D eigenvalue weighted by Gasteiger charge is -2.02. The molecule has 0 unspecified atom stereocenters. The number of hydrogen-bond acceptors (Lipinski definition) is 6. The van der Waals surface area contributed by atoms with Crippen LogP contribution in [0.25, 0.3) is 0 Å². The van der Waals surface area contributed by atoms with Gasteiger partial charge in [-0.3, -0.25) is 4.79 Å². The molecule has 1 aromatic heterocycles. The van der Waals surface area contributed by atoms with Crippen LogP contribution >= 0.6 is 11.8 Å². The summed E-state index contributed by atoms with van der Waals surface area (Å²) >= 11 is 1.05. The molecule has 1 heterocycles. The van der Waals surface area contributed by atoms with Crippen molar-refractivity contribution in [2.75, 3.05) is 24.8 Å². The highest BCUT2D eigenvalue weighted by atomic mass is 32.2. The van der Waals surface area contributed by atoms with Crippen LogP contribution in [0.2, 0.25) is 0 Å². The summed E-state index contributed by atoms with van der Waals surface area (Å²) in [5, 5.41) is 16.7. The minimum absolute atomic E-state index is 0.0751. The Morgan fingerprint density at radius 2 is 2.35 bits per heavy atom. The lowest BCUT2D eigenvalue weighted by atomic mass is 10.3. The van der Waals surface area contributed by atoms with Crippen molar-refractivity contribution < 1.29 is 14.6 Å². The van der Waals surface area contributed by atoms with Gasteiger partial charge in [0.1, 0.15) is 0 Å². The lowest BCUT2D eigenvalue weighted by Crippen LogP contribution is -2.15. The Hall–Kier alpha value is -1.28. The van der Waals surface area contributed by atoms with Gasteiger partial charge in [0, 0.05) is 19.6 Å². The topological polar surface area (TPSA) is 103 Å². The van der Waals surface area contributed by atoms with Crippen molar-refractivity contribution >= 4 is 17.7 Å². The van der Waals surface area contributed by atoms with Crippen LogP contribution in [0.3, 0.4) is 0 Å². The van der Waals surface area contributed by atoms with Gasteiger partial charge in [-0.15, -0.1) is 10.2 Å². The van der Waals surface area contributed by atoms with Gasteiger partial charge in [-0.05, 0) is 13.3 Å². The van der Waals surface area contributed by atoms with Crippen molar-refractivity contribution in [1.82, 2.24) is 14.9 Å². The number of nitrogen functional groups attached to an aromatic ring is 1. The highest BCUT2D eigenvalue weighted by Gasteiger charge is 2.11. The molecule has 0 saturated heterocycles. The van der Waals surface area contributed by atoms with Gasteiger partial charge in [-0.1, -0.05) is 11.8 Å². The zero-order chi connectivity index (χ0) is 12.7. The number of ether oxygens (including phenoxy) is 1. The molecule has 0 radical (unpaired) electrons. The molecule has 0 amide bonds. The normalized spacial score (nSPS) is 10.6. The molecule has 0 aromatic carbocycles. The molecule has 3 N–H and O–H groups in total. The minimum atomic E-state index is -0.907. The summed E-state index contributed by atoms with van der Waals surface area (Å²) in [5.74, 6) is 5.40. The second kappa shape index (κ2) is 7.13. The SMILES string of the molecule is CCOCCCc1nnc(SCC(=O)O)n1N. The van der Waals surface area contributed by atoms with Gasteiger partial charge in [0.15, 0.2) is 5.82 Å². The maximum absolute atomic E-state index is 10.4. The van der Waals surface area contributed by atoms with Crippen LogP contribution in [-0.4, -0.2) is 44.9 Å². The lowest BCUT2D eigenvalue weighted by molar-refractivity contribution is -0.133. The number of aliphatic carboxylic acids is 1. The number of nitrogens with zero attached hydrogens (tertiary/aromatic N) is 3.